The largest absolute Gasteiger partial charge is 2.00 e. The Bertz CT molecular complexity index is 894. The summed E-state index contributed by atoms with van der Waals surface area (Å²) >= 11 is 0. The summed E-state index contributed by atoms with van der Waals surface area (Å²) in [5, 5.41) is 0. The molecule has 0 unspecified atom stereocenters. The molecule has 5 heteroatoms. The van der Waals surface area contributed by atoms with Gasteiger partial charge < -0.3 is 14.2 Å². The normalized spacial score (nSPS) is 9.85. The van der Waals surface area contributed by atoms with Gasteiger partial charge in [0.15, 0.2) is 0 Å². The number of ether oxygens (including phenoxy) is 3. The van der Waals surface area contributed by atoms with Crippen LogP contribution in [0, 0.1) is 44.3 Å². The molecule has 0 aliphatic rings. The molecular weight excluding hydrogens is 566 g/mol. The van der Waals surface area contributed by atoms with E-state index in [0.717, 1.165) is 11.1 Å². The summed E-state index contributed by atoms with van der Waals surface area (Å²) in [6, 6.07) is 23.5. The first kappa shape index (κ1) is 21.1. The molecule has 4 nitrogen and oxygen atoms in total. The van der Waals surface area contributed by atoms with Gasteiger partial charge >= 0.3 is 37.1 Å². The quantitative estimate of drug-likeness (QED) is 0.312. The average Bonchev–Trinajstić information content (AvgIpc) is 2.72. The van der Waals surface area contributed by atoms with Crippen LogP contribution in [0.15, 0.2) is 66.7 Å². The Labute approximate surface area is 182 Å². The minimum absolute atomic E-state index is 0. The second-order valence-electron chi connectivity index (χ2n) is 5.56. The minimum Gasteiger partial charge on any atom is -0.672 e. The van der Waals surface area contributed by atoms with Crippen LogP contribution in [-0.4, -0.2) is 13.1 Å². The summed E-state index contributed by atoms with van der Waals surface area (Å²) in [7, 11) is 4.86. The molecule has 0 atom stereocenters. The average molecular weight is 584 g/mol. The van der Waals surface area contributed by atoms with Crippen LogP contribution in [0.5, 0.6) is 11.5 Å². The molecule has 0 aliphatic carbocycles. The Morgan fingerprint density at radius 3 is 2.56 bits per heavy atom. The number of rotatable bonds is 6. The zero-order valence-electron chi connectivity index (χ0n) is 14.9. The molecule has 3 aromatic carbocycles. The van der Waals surface area contributed by atoms with Crippen LogP contribution in [-0.2, 0) is 11.3 Å². The van der Waals surface area contributed by atoms with Crippen molar-refractivity contribution in [1.82, 2.24) is 0 Å². The van der Waals surface area contributed by atoms with Gasteiger partial charge in [-0.25, -0.2) is 4.79 Å². The molecule has 0 spiro atoms. The molecule has 134 valence electrons. The first-order chi connectivity index (χ1) is 12.7. The van der Waals surface area contributed by atoms with Gasteiger partial charge in [0, 0.05) is 6.07 Å². The van der Waals surface area contributed by atoms with E-state index >= 15 is 0 Å². The van der Waals surface area contributed by atoms with Gasteiger partial charge in [-0.1, -0.05) is 42.0 Å². The van der Waals surface area contributed by atoms with E-state index in [1.165, 1.54) is 7.11 Å². The molecule has 0 bridgehead atoms. The van der Waals surface area contributed by atoms with E-state index in [9.17, 15) is 4.79 Å². The predicted molar refractivity (Wildman–Crippen MR) is 98.8 cm³/mol. The number of hydrogen-bond donors (Lipinski definition) is 0. The molecule has 0 N–H and O–H groups in total. The standard InChI is InChI=1S/C22H18O4.U/c1-24-21-14-19(26-15-16-7-4-3-5-8-16)11-12-20(21)17-9-6-10-18(13-17)22(23)25-2;/h3-8,10-14H,1,15H2,2H3;/q-2;+2. The first-order valence-corrected chi connectivity index (χ1v) is 8.04. The summed E-state index contributed by atoms with van der Waals surface area (Å²) in [4.78, 5) is 11.7. The van der Waals surface area contributed by atoms with Crippen LogP contribution in [0.4, 0.5) is 0 Å². The maximum Gasteiger partial charge on any atom is 2.00 e. The van der Waals surface area contributed by atoms with Crippen molar-refractivity contribution in [1.29, 1.82) is 0 Å². The van der Waals surface area contributed by atoms with Crippen LogP contribution < -0.4 is 9.47 Å². The Morgan fingerprint density at radius 1 is 1.07 bits per heavy atom. The van der Waals surface area contributed by atoms with E-state index in [1.54, 1.807) is 24.3 Å². The molecule has 0 saturated heterocycles. The van der Waals surface area contributed by atoms with Crippen LogP contribution in [0.3, 0.4) is 0 Å². The SMILES string of the molecule is [CH2-]Oc1cc(OCc2ccccc2)ccc1-c1[c-]ccc(C(=O)OC)c1.[U+2]. The third kappa shape index (κ3) is 5.38. The van der Waals surface area contributed by atoms with E-state index in [-0.39, 0.29) is 31.1 Å². The van der Waals surface area contributed by atoms with Gasteiger partial charge in [-0.3, -0.25) is 0 Å². The molecule has 0 radical (unpaired) electrons. The summed E-state index contributed by atoms with van der Waals surface area (Å²) < 4.78 is 15.8. The van der Waals surface area contributed by atoms with Gasteiger partial charge in [0.1, 0.15) is 12.4 Å². The van der Waals surface area contributed by atoms with E-state index in [2.05, 4.69) is 13.2 Å². The van der Waals surface area contributed by atoms with Gasteiger partial charge in [0.25, 0.3) is 0 Å². The van der Waals surface area contributed by atoms with Gasteiger partial charge in [-0.2, -0.15) is 7.11 Å². The van der Waals surface area contributed by atoms with E-state index < -0.39 is 5.97 Å². The molecule has 27 heavy (non-hydrogen) atoms. The summed E-state index contributed by atoms with van der Waals surface area (Å²) in [5.74, 6) is 0.800. The molecule has 0 heterocycles. The number of carbonyl (C=O) groups excluding carboxylic acids is 1. The van der Waals surface area contributed by atoms with Crippen molar-refractivity contribution >= 4 is 5.97 Å². The zero-order valence-corrected chi connectivity index (χ0v) is 19.1. The summed E-state index contributed by atoms with van der Waals surface area (Å²) in [6.45, 7) is 0.459. The fourth-order valence-corrected chi connectivity index (χ4v) is 2.54. The zero-order chi connectivity index (χ0) is 18.4. The molecule has 0 amide bonds. The van der Waals surface area contributed by atoms with Crippen LogP contribution >= 0.6 is 0 Å². The second-order valence-corrected chi connectivity index (χ2v) is 5.56. The van der Waals surface area contributed by atoms with Gasteiger partial charge in [0.05, 0.1) is 12.9 Å². The molecular formula is C22H18O4U. The second kappa shape index (κ2) is 10.2. The van der Waals surface area contributed by atoms with Crippen molar-refractivity contribution < 1.29 is 50.1 Å². The topological polar surface area (TPSA) is 44.8 Å². The third-order valence-corrected chi connectivity index (χ3v) is 3.87. The molecule has 0 saturated carbocycles. The smallest absolute Gasteiger partial charge is 0.672 e. The maximum atomic E-state index is 11.7. The molecule has 0 fully saturated rings. The Morgan fingerprint density at radius 2 is 1.85 bits per heavy atom. The summed E-state index contributed by atoms with van der Waals surface area (Å²) in [5.41, 5.74) is 2.99. The van der Waals surface area contributed by atoms with Gasteiger partial charge in [-0.05, 0) is 17.2 Å². The molecule has 0 aliphatic heterocycles. The number of hydrogen-bond acceptors (Lipinski definition) is 4. The van der Waals surface area contributed by atoms with Crippen LogP contribution in [0.25, 0.3) is 11.1 Å². The van der Waals surface area contributed by atoms with Crippen molar-refractivity contribution in [2.45, 2.75) is 6.61 Å². The van der Waals surface area contributed by atoms with Crippen molar-refractivity contribution in [2.75, 3.05) is 7.11 Å². The third-order valence-electron chi connectivity index (χ3n) is 3.87. The Balaban J connectivity index is 0.00000261. The van der Waals surface area contributed by atoms with Crippen molar-refractivity contribution in [3.63, 3.8) is 0 Å². The van der Waals surface area contributed by atoms with Crippen molar-refractivity contribution in [3.8, 4) is 22.6 Å². The number of carbonyl (C=O) groups is 1. The van der Waals surface area contributed by atoms with Crippen LogP contribution in [0.1, 0.15) is 15.9 Å². The maximum absolute atomic E-state index is 11.7. The predicted octanol–water partition coefficient (Wildman–Crippen LogP) is 4.69. The van der Waals surface area contributed by atoms with E-state index in [4.69, 9.17) is 14.2 Å². The molecule has 3 aromatic rings. The Hall–Kier alpha value is -2.22. The number of esters is 1. The van der Waals surface area contributed by atoms with E-state index in [1.807, 2.05) is 42.5 Å². The number of benzene rings is 3. The van der Waals surface area contributed by atoms with Gasteiger partial charge in [-0.15, -0.1) is 29.8 Å². The summed E-state index contributed by atoms with van der Waals surface area (Å²) in [6.07, 6.45) is 0. The number of methoxy groups -OCH3 is 1. The monoisotopic (exact) mass is 584 g/mol. The van der Waals surface area contributed by atoms with Crippen molar-refractivity contribution in [3.05, 3.63) is 91.0 Å². The fourth-order valence-electron chi connectivity index (χ4n) is 2.54. The molecule has 3 rings (SSSR count). The van der Waals surface area contributed by atoms with Crippen molar-refractivity contribution in [2.24, 2.45) is 0 Å². The molecule has 0 aromatic heterocycles. The fraction of sp³-hybridized carbons (Fsp3) is 0.0909. The Kier molecular flexibility index (Phi) is 7.97. The van der Waals surface area contributed by atoms with E-state index in [0.29, 0.717) is 29.2 Å². The van der Waals surface area contributed by atoms with Gasteiger partial charge in [0.2, 0.25) is 0 Å². The first-order valence-electron chi connectivity index (χ1n) is 8.04. The minimum atomic E-state index is -0.403. The van der Waals surface area contributed by atoms with Crippen LogP contribution in [0.2, 0.25) is 0 Å².